The lowest BCUT2D eigenvalue weighted by Crippen LogP contribution is -2.46. The van der Waals surface area contributed by atoms with Gasteiger partial charge in [0.05, 0.1) is 10.9 Å². The summed E-state index contributed by atoms with van der Waals surface area (Å²) in [6, 6.07) is 13.1. The summed E-state index contributed by atoms with van der Waals surface area (Å²) in [6.07, 6.45) is 1.17. The maximum Gasteiger partial charge on any atom is 0.243 e. The molecule has 1 aliphatic heterocycles. The number of amides is 1. The first kappa shape index (κ1) is 19.9. The number of hydrogen-bond donors (Lipinski definition) is 1. The highest BCUT2D eigenvalue weighted by molar-refractivity contribution is 7.89. The molecule has 2 atom stereocenters. The molecule has 5 nitrogen and oxygen atoms in total. The zero-order valence-electron chi connectivity index (χ0n) is 15.4. The molecule has 3 rings (SSSR count). The van der Waals surface area contributed by atoms with E-state index in [0.717, 1.165) is 11.1 Å². The third kappa shape index (κ3) is 4.34. The molecule has 1 saturated heterocycles. The van der Waals surface area contributed by atoms with Crippen LogP contribution in [-0.4, -0.2) is 31.2 Å². The molecule has 0 spiro atoms. The summed E-state index contributed by atoms with van der Waals surface area (Å²) in [6.45, 7) is 4.24. The van der Waals surface area contributed by atoms with Gasteiger partial charge in [0.2, 0.25) is 15.9 Å². The van der Waals surface area contributed by atoms with Gasteiger partial charge in [-0.25, -0.2) is 8.42 Å². The van der Waals surface area contributed by atoms with Crippen LogP contribution in [0.4, 0.5) is 0 Å². The van der Waals surface area contributed by atoms with E-state index < -0.39 is 16.1 Å². The molecule has 27 heavy (non-hydrogen) atoms. The van der Waals surface area contributed by atoms with Crippen LogP contribution in [0.25, 0.3) is 0 Å². The molecular weight excluding hydrogens is 384 g/mol. The van der Waals surface area contributed by atoms with E-state index in [4.69, 9.17) is 11.6 Å². The third-order valence-electron chi connectivity index (χ3n) is 4.86. The molecule has 1 aliphatic rings. The molecule has 1 fully saturated rings. The van der Waals surface area contributed by atoms with Gasteiger partial charge in [0.25, 0.3) is 0 Å². The Morgan fingerprint density at radius 3 is 2.41 bits per heavy atom. The topological polar surface area (TPSA) is 66.5 Å². The lowest BCUT2D eigenvalue weighted by molar-refractivity contribution is -0.124. The van der Waals surface area contributed by atoms with Gasteiger partial charge in [-0.15, -0.1) is 0 Å². The molecule has 0 aromatic heterocycles. The molecule has 0 bridgehead atoms. The Morgan fingerprint density at radius 2 is 1.78 bits per heavy atom. The number of halogens is 1. The van der Waals surface area contributed by atoms with Crippen molar-refractivity contribution < 1.29 is 13.2 Å². The molecule has 0 aliphatic carbocycles. The standard InChI is InChI=1S/C20H23ClN2O3S/c1-14-5-7-16(8-6-14)15(2)22-20(24)19-4-3-13-23(19)27(25,26)18-11-9-17(21)10-12-18/h5-12,15,19H,3-4,13H2,1-2H3,(H,22,24)/t15-,19+/m0/s1. The number of hydrogen-bond acceptors (Lipinski definition) is 3. The second-order valence-corrected chi connectivity index (χ2v) is 9.20. The number of carbonyl (C=O) groups excluding carboxylic acids is 1. The van der Waals surface area contributed by atoms with Crippen molar-refractivity contribution in [1.82, 2.24) is 9.62 Å². The normalized spacial score (nSPS) is 19.0. The molecule has 1 amide bonds. The lowest BCUT2D eigenvalue weighted by Gasteiger charge is -2.25. The zero-order chi connectivity index (χ0) is 19.6. The van der Waals surface area contributed by atoms with E-state index in [-0.39, 0.29) is 16.8 Å². The van der Waals surface area contributed by atoms with Crippen LogP contribution in [0.1, 0.15) is 36.9 Å². The van der Waals surface area contributed by atoms with E-state index in [1.807, 2.05) is 38.1 Å². The van der Waals surface area contributed by atoms with Crippen molar-refractivity contribution in [2.45, 2.75) is 43.7 Å². The first-order valence-electron chi connectivity index (χ1n) is 8.93. The van der Waals surface area contributed by atoms with Crippen LogP contribution in [0, 0.1) is 6.92 Å². The van der Waals surface area contributed by atoms with E-state index in [1.54, 1.807) is 12.1 Å². The predicted octanol–water partition coefficient (Wildman–Crippen LogP) is 3.68. The zero-order valence-corrected chi connectivity index (χ0v) is 16.9. The van der Waals surface area contributed by atoms with Crippen molar-refractivity contribution in [1.29, 1.82) is 0 Å². The molecule has 2 aromatic carbocycles. The highest BCUT2D eigenvalue weighted by atomic mass is 35.5. The Balaban J connectivity index is 1.76. The van der Waals surface area contributed by atoms with Gasteiger partial charge >= 0.3 is 0 Å². The van der Waals surface area contributed by atoms with Gasteiger partial charge < -0.3 is 5.32 Å². The first-order valence-corrected chi connectivity index (χ1v) is 10.7. The molecular formula is C20H23ClN2O3S. The third-order valence-corrected chi connectivity index (χ3v) is 7.04. The van der Waals surface area contributed by atoms with Gasteiger partial charge in [0.15, 0.2) is 0 Å². The van der Waals surface area contributed by atoms with E-state index in [1.165, 1.54) is 16.4 Å². The first-order chi connectivity index (χ1) is 12.8. The molecule has 1 heterocycles. The number of sulfonamides is 1. The largest absolute Gasteiger partial charge is 0.348 e. The van der Waals surface area contributed by atoms with Gasteiger partial charge in [-0.05, 0) is 56.5 Å². The monoisotopic (exact) mass is 406 g/mol. The number of benzene rings is 2. The Labute approximate surface area is 165 Å². The quantitative estimate of drug-likeness (QED) is 0.823. The molecule has 0 saturated carbocycles. The summed E-state index contributed by atoms with van der Waals surface area (Å²) >= 11 is 5.85. The fourth-order valence-corrected chi connectivity index (χ4v) is 5.06. The average Bonchev–Trinajstić information content (AvgIpc) is 3.13. The summed E-state index contributed by atoms with van der Waals surface area (Å²) in [5, 5.41) is 3.42. The maximum atomic E-state index is 13.0. The minimum Gasteiger partial charge on any atom is -0.348 e. The number of nitrogens with one attached hydrogen (secondary N) is 1. The lowest BCUT2D eigenvalue weighted by atomic mass is 10.1. The van der Waals surface area contributed by atoms with Crippen LogP contribution in [0.3, 0.4) is 0 Å². The Kier molecular flexibility index (Phi) is 5.89. The van der Waals surface area contributed by atoms with Crippen molar-refractivity contribution in [2.24, 2.45) is 0 Å². The molecule has 0 radical (unpaired) electrons. The summed E-state index contributed by atoms with van der Waals surface area (Å²) in [5.74, 6) is -0.266. The van der Waals surface area contributed by atoms with Crippen LogP contribution in [0.5, 0.6) is 0 Å². The van der Waals surface area contributed by atoms with Crippen molar-refractivity contribution in [3.63, 3.8) is 0 Å². The smallest absolute Gasteiger partial charge is 0.243 e. The van der Waals surface area contributed by atoms with Crippen LogP contribution in [0.2, 0.25) is 5.02 Å². The average molecular weight is 407 g/mol. The van der Waals surface area contributed by atoms with Crippen LogP contribution >= 0.6 is 11.6 Å². The van der Waals surface area contributed by atoms with Gasteiger partial charge in [-0.3, -0.25) is 4.79 Å². The van der Waals surface area contributed by atoms with E-state index in [9.17, 15) is 13.2 Å². The molecule has 2 aromatic rings. The second-order valence-electron chi connectivity index (χ2n) is 6.87. The van der Waals surface area contributed by atoms with Gasteiger partial charge in [0, 0.05) is 11.6 Å². The SMILES string of the molecule is Cc1ccc([C@H](C)NC(=O)[C@H]2CCCN2S(=O)(=O)c2ccc(Cl)cc2)cc1. The minimum atomic E-state index is -3.74. The fourth-order valence-electron chi connectivity index (χ4n) is 3.28. The van der Waals surface area contributed by atoms with Gasteiger partial charge in [-0.2, -0.15) is 4.31 Å². The van der Waals surface area contributed by atoms with Crippen molar-refractivity contribution in [2.75, 3.05) is 6.54 Å². The molecule has 0 unspecified atom stereocenters. The number of rotatable bonds is 5. The van der Waals surface area contributed by atoms with Crippen LogP contribution in [0.15, 0.2) is 53.4 Å². The summed E-state index contributed by atoms with van der Waals surface area (Å²) in [7, 11) is -3.74. The van der Waals surface area contributed by atoms with Gasteiger partial charge in [0.1, 0.15) is 6.04 Å². The van der Waals surface area contributed by atoms with E-state index >= 15 is 0 Å². The Morgan fingerprint density at radius 1 is 1.15 bits per heavy atom. The highest BCUT2D eigenvalue weighted by Gasteiger charge is 2.39. The van der Waals surface area contributed by atoms with E-state index in [2.05, 4.69) is 5.32 Å². The maximum absolute atomic E-state index is 13.0. The van der Waals surface area contributed by atoms with Crippen LogP contribution in [-0.2, 0) is 14.8 Å². The predicted molar refractivity (Wildman–Crippen MR) is 106 cm³/mol. The van der Waals surface area contributed by atoms with Crippen molar-refractivity contribution >= 4 is 27.5 Å². The van der Waals surface area contributed by atoms with Crippen molar-refractivity contribution in [3.8, 4) is 0 Å². The van der Waals surface area contributed by atoms with Crippen LogP contribution < -0.4 is 5.32 Å². The number of aryl methyl sites for hydroxylation is 1. The van der Waals surface area contributed by atoms with E-state index in [0.29, 0.717) is 24.4 Å². The summed E-state index contributed by atoms with van der Waals surface area (Å²) in [4.78, 5) is 13.0. The second kappa shape index (κ2) is 8.00. The summed E-state index contributed by atoms with van der Waals surface area (Å²) < 4.78 is 27.2. The molecule has 7 heteroatoms. The highest BCUT2D eigenvalue weighted by Crippen LogP contribution is 2.27. The van der Waals surface area contributed by atoms with Gasteiger partial charge in [-0.1, -0.05) is 41.4 Å². The Hall–Kier alpha value is -1.89. The fraction of sp³-hybridized carbons (Fsp3) is 0.350. The Bertz CT molecular complexity index is 911. The van der Waals surface area contributed by atoms with Crippen molar-refractivity contribution in [3.05, 3.63) is 64.7 Å². The minimum absolute atomic E-state index is 0.151. The molecule has 144 valence electrons. The number of nitrogens with zero attached hydrogens (tertiary/aromatic N) is 1. The summed E-state index contributed by atoms with van der Waals surface area (Å²) in [5.41, 5.74) is 2.13. The molecule has 1 N–H and O–H groups in total. The number of carbonyl (C=O) groups is 1.